The highest BCUT2D eigenvalue weighted by molar-refractivity contribution is 9.10. The lowest BCUT2D eigenvalue weighted by molar-refractivity contribution is 0.0467. The van der Waals surface area contributed by atoms with Gasteiger partial charge in [-0.2, -0.15) is 0 Å². The van der Waals surface area contributed by atoms with Crippen LogP contribution in [0.3, 0.4) is 0 Å². The maximum atomic E-state index is 12.0. The number of hydrogen-bond donors (Lipinski definition) is 1. The molecule has 3 aromatic rings. The lowest BCUT2D eigenvalue weighted by Gasteiger charge is -2.03. The molecule has 20 heavy (non-hydrogen) atoms. The molecule has 2 aromatic carbocycles. The summed E-state index contributed by atoms with van der Waals surface area (Å²) < 4.78 is 6.23. The van der Waals surface area contributed by atoms with Gasteiger partial charge in [0.2, 0.25) is 0 Å². The largest absolute Gasteiger partial charge is 0.456 e. The van der Waals surface area contributed by atoms with Crippen LogP contribution in [0.25, 0.3) is 10.9 Å². The monoisotopic (exact) mass is 329 g/mol. The van der Waals surface area contributed by atoms with E-state index in [4.69, 9.17) is 4.74 Å². The molecule has 0 saturated carbocycles. The Kier molecular flexibility index (Phi) is 3.56. The Labute approximate surface area is 124 Å². The second kappa shape index (κ2) is 5.51. The van der Waals surface area contributed by atoms with Gasteiger partial charge < -0.3 is 9.72 Å². The summed E-state index contributed by atoms with van der Waals surface area (Å²) in [5.74, 6) is -0.350. The van der Waals surface area contributed by atoms with Crippen molar-refractivity contribution in [3.05, 3.63) is 70.3 Å². The van der Waals surface area contributed by atoms with E-state index in [9.17, 15) is 4.79 Å². The van der Waals surface area contributed by atoms with Crippen molar-refractivity contribution >= 4 is 32.8 Å². The Morgan fingerprint density at radius 1 is 1.10 bits per heavy atom. The number of benzene rings is 2. The number of aromatic amines is 1. The number of carbonyl (C=O) groups is 1. The third kappa shape index (κ3) is 2.60. The van der Waals surface area contributed by atoms with E-state index in [1.165, 1.54) is 0 Å². The molecule has 0 atom stereocenters. The highest BCUT2D eigenvalue weighted by Crippen LogP contribution is 2.24. The number of nitrogens with one attached hydrogen (secondary N) is 1. The zero-order valence-corrected chi connectivity index (χ0v) is 12.2. The SMILES string of the molecule is O=C(OCc1ccccc1)c1cc2cccc(Br)c2[nH]1. The first kappa shape index (κ1) is 12.9. The van der Waals surface area contributed by atoms with Gasteiger partial charge in [0, 0.05) is 9.86 Å². The molecular weight excluding hydrogens is 318 g/mol. The molecule has 0 radical (unpaired) electrons. The second-order valence-electron chi connectivity index (χ2n) is 4.45. The lowest BCUT2D eigenvalue weighted by atomic mass is 10.2. The summed E-state index contributed by atoms with van der Waals surface area (Å²) in [6.45, 7) is 0.274. The Morgan fingerprint density at radius 3 is 2.65 bits per heavy atom. The van der Waals surface area contributed by atoms with Crippen LogP contribution >= 0.6 is 15.9 Å². The number of rotatable bonds is 3. The Morgan fingerprint density at radius 2 is 1.90 bits per heavy atom. The van der Waals surface area contributed by atoms with Crippen molar-refractivity contribution in [1.29, 1.82) is 0 Å². The molecule has 0 aliphatic carbocycles. The van der Waals surface area contributed by atoms with Crippen LogP contribution in [0.4, 0.5) is 0 Å². The molecular formula is C16H12BrNO2. The van der Waals surface area contributed by atoms with Crippen LogP contribution in [0, 0.1) is 0 Å². The molecule has 1 heterocycles. The standard InChI is InChI=1S/C16H12BrNO2/c17-13-8-4-7-12-9-14(18-15(12)13)16(19)20-10-11-5-2-1-3-6-11/h1-9,18H,10H2. The maximum Gasteiger partial charge on any atom is 0.355 e. The van der Waals surface area contributed by atoms with E-state index < -0.39 is 0 Å². The van der Waals surface area contributed by atoms with Gasteiger partial charge in [-0.1, -0.05) is 42.5 Å². The highest BCUT2D eigenvalue weighted by atomic mass is 79.9. The highest BCUT2D eigenvalue weighted by Gasteiger charge is 2.12. The fourth-order valence-electron chi connectivity index (χ4n) is 2.03. The molecule has 0 saturated heterocycles. The van der Waals surface area contributed by atoms with Crippen molar-refractivity contribution in [3.8, 4) is 0 Å². The smallest absolute Gasteiger partial charge is 0.355 e. The number of esters is 1. The predicted octanol–water partition coefficient (Wildman–Crippen LogP) is 4.29. The summed E-state index contributed by atoms with van der Waals surface area (Å²) in [7, 11) is 0. The zero-order valence-electron chi connectivity index (χ0n) is 10.6. The van der Waals surface area contributed by atoms with Crippen molar-refractivity contribution in [2.24, 2.45) is 0 Å². The number of H-pyrrole nitrogens is 1. The summed E-state index contributed by atoms with van der Waals surface area (Å²) >= 11 is 3.45. The van der Waals surface area contributed by atoms with E-state index in [2.05, 4.69) is 20.9 Å². The minimum absolute atomic E-state index is 0.274. The normalized spacial score (nSPS) is 10.7. The first-order valence-electron chi connectivity index (χ1n) is 6.22. The average Bonchev–Trinajstić information content (AvgIpc) is 2.91. The van der Waals surface area contributed by atoms with Gasteiger partial charge in [0.25, 0.3) is 0 Å². The number of para-hydroxylation sites is 1. The molecule has 1 N–H and O–H groups in total. The molecule has 1 aromatic heterocycles. The van der Waals surface area contributed by atoms with Crippen molar-refractivity contribution in [1.82, 2.24) is 4.98 Å². The van der Waals surface area contributed by atoms with Gasteiger partial charge in [-0.15, -0.1) is 0 Å². The molecule has 3 nitrogen and oxygen atoms in total. The van der Waals surface area contributed by atoms with E-state index in [0.29, 0.717) is 5.69 Å². The average molecular weight is 330 g/mol. The van der Waals surface area contributed by atoms with Gasteiger partial charge in [0.05, 0.1) is 5.52 Å². The van der Waals surface area contributed by atoms with Gasteiger partial charge in [-0.05, 0) is 33.6 Å². The van der Waals surface area contributed by atoms with Crippen LogP contribution < -0.4 is 0 Å². The van der Waals surface area contributed by atoms with Crippen molar-refractivity contribution in [3.63, 3.8) is 0 Å². The minimum atomic E-state index is -0.350. The summed E-state index contributed by atoms with van der Waals surface area (Å²) in [5, 5.41) is 0.978. The van der Waals surface area contributed by atoms with Crippen molar-refractivity contribution < 1.29 is 9.53 Å². The van der Waals surface area contributed by atoms with Gasteiger partial charge >= 0.3 is 5.97 Å². The van der Waals surface area contributed by atoms with Gasteiger partial charge in [0.15, 0.2) is 0 Å². The van der Waals surface area contributed by atoms with Crippen LogP contribution in [0.2, 0.25) is 0 Å². The van der Waals surface area contributed by atoms with Crippen molar-refractivity contribution in [2.45, 2.75) is 6.61 Å². The quantitative estimate of drug-likeness (QED) is 0.728. The lowest BCUT2D eigenvalue weighted by Crippen LogP contribution is -2.05. The number of carbonyl (C=O) groups excluding carboxylic acids is 1. The maximum absolute atomic E-state index is 12.0. The van der Waals surface area contributed by atoms with Crippen molar-refractivity contribution in [2.75, 3.05) is 0 Å². The fourth-order valence-corrected chi connectivity index (χ4v) is 2.51. The van der Waals surface area contributed by atoms with Crippen LogP contribution in [0.1, 0.15) is 16.1 Å². The Balaban J connectivity index is 1.77. The van der Waals surface area contributed by atoms with Gasteiger partial charge in [-0.25, -0.2) is 4.79 Å². The molecule has 0 spiro atoms. The third-order valence-electron chi connectivity index (χ3n) is 3.04. The molecule has 100 valence electrons. The minimum Gasteiger partial charge on any atom is -0.456 e. The van der Waals surface area contributed by atoms with Crippen LogP contribution in [0.5, 0.6) is 0 Å². The number of aromatic nitrogens is 1. The first-order chi connectivity index (χ1) is 9.74. The molecule has 0 aliphatic heterocycles. The molecule has 0 amide bonds. The predicted molar refractivity (Wildman–Crippen MR) is 81.6 cm³/mol. The second-order valence-corrected chi connectivity index (χ2v) is 5.30. The zero-order chi connectivity index (χ0) is 13.9. The topological polar surface area (TPSA) is 42.1 Å². The molecule has 0 fully saturated rings. The molecule has 4 heteroatoms. The van der Waals surface area contributed by atoms with E-state index in [-0.39, 0.29) is 12.6 Å². The van der Waals surface area contributed by atoms with Crippen LogP contribution in [-0.2, 0) is 11.3 Å². The van der Waals surface area contributed by atoms with Gasteiger partial charge in [-0.3, -0.25) is 0 Å². The first-order valence-corrected chi connectivity index (χ1v) is 7.01. The third-order valence-corrected chi connectivity index (χ3v) is 3.70. The number of fused-ring (bicyclic) bond motifs is 1. The molecule has 3 rings (SSSR count). The fraction of sp³-hybridized carbons (Fsp3) is 0.0625. The van der Waals surface area contributed by atoms with E-state index in [0.717, 1.165) is 20.9 Å². The Bertz CT molecular complexity index is 750. The number of halogens is 1. The summed E-state index contributed by atoms with van der Waals surface area (Å²) in [5.41, 5.74) is 2.33. The summed E-state index contributed by atoms with van der Waals surface area (Å²) in [6.07, 6.45) is 0. The summed E-state index contributed by atoms with van der Waals surface area (Å²) in [4.78, 5) is 15.1. The van der Waals surface area contributed by atoms with Crippen LogP contribution in [-0.4, -0.2) is 11.0 Å². The van der Waals surface area contributed by atoms with E-state index in [1.54, 1.807) is 6.07 Å². The summed E-state index contributed by atoms with van der Waals surface area (Å²) in [6, 6.07) is 17.2. The molecule has 0 bridgehead atoms. The van der Waals surface area contributed by atoms with E-state index in [1.807, 2.05) is 48.5 Å². The van der Waals surface area contributed by atoms with Crippen LogP contribution in [0.15, 0.2) is 59.1 Å². The molecule has 0 aliphatic rings. The number of ether oxygens (including phenoxy) is 1. The number of hydrogen-bond acceptors (Lipinski definition) is 2. The Hall–Kier alpha value is -2.07. The molecule has 0 unspecified atom stereocenters. The van der Waals surface area contributed by atoms with E-state index >= 15 is 0 Å². The van der Waals surface area contributed by atoms with Gasteiger partial charge in [0.1, 0.15) is 12.3 Å².